The molecule has 0 aromatic carbocycles. The molecule has 1 aliphatic heterocycles. The van der Waals surface area contributed by atoms with E-state index in [1.807, 2.05) is 10.6 Å². The molecule has 2 aromatic rings. The molecule has 0 bridgehead atoms. The third-order valence-electron chi connectivity index (χ3n) is 2.63. The molecule has 16 heavy (non-hydrogen) atoms. The summed E-state index contributed by atoms with van der Waals surface area (Å²) in [5, 5.41) is 0.472. The number of halogens is 1. The van der Waals surface area contributed by atoms with Crippen molar-refractivity contribution in [3.8, 4) is 0 Å². The number of nitrogens with zero attached hydrogens (tertiary/aromatic N) is 4. The number of imidazole rings is 1. The van der Waals surface area contributed by atoms with Gasteiger partial charge in [-0.3, -0.25) is 4.40 Å². The van der Waals surface area contributed by atoms with E-state index >= 15 is 0 Å². The Morgan fingerprint density at radius 3 is 2.94 bits per heavy atom. The summed E-state index contributed by atoms with van der Waals surface area (Å²) >= 11 is 5.98. The van der Waals surface area contributed by atoms with E-state index in [9.17, 15) is 0 Å². The smallest absolute Gasteiger partial charge is 0.212 e. The lowest BCUT2D eigenvalue weighted by molar-refractivity contribution is 0.122. The molecular weight excluding hydrogens is 228 g/mol. The molecule has 3 heterocycles. The largest absolute Gasteiger partial charge is 0.378 e. The van der Waals surface area contributed by atoms with Crippen LogP contribution in [0, 0.1) is 0 Å². The number of morpholine rings is 1. The quantitative estimate of drug-likeness (QED) is 0.701. The molecule has 0 radical (unpaired) electrons. The molecule has 1 saturated heterocycles. The van der Waals surface area contributed by atoms with Crippen LogP contribution in [-0.2, 0) is 4.74 Å². The molecule has 1 fully saturated rings. The maximum absolute atomic E-state index is 5.98. The second kappa shape index (κ2) is 3.92. The van der Waals surface area contributed by atoms with E-state index in [4.69, 9.17) is 16.3 Å². The van der Waals surface area contributed by atoms with Crippen molar-refractivity contribution in [3.63, 3.8) is 0 Å². The average Bonchev–Trinajstić information content (AvgIpc) is 2.77. The Balaban J connectivity index is 2.09. The van der Waals surface area contributed by atoms with E-state index in [-0.39, 0.29) is 0 Å². The van der Waals surface area contributed by atoms with Gasteiger partial charge in [-0.2, -0.15) is 0 Å². The molecule has 0 N–H and O–H groups in total. The SMILES string of the molecule is Clc1cc2nccn2c(N2CCOCC2)n1. The monoisotopic (exact) mass is 238 g/mol. The molecule has 0 saturated carbocycles. The van der Waals surface area contributed by atoms with E-state index in [1.54, 1.807) is 12.3 Å². The van der Waals surface area contributed by atoms with Crippen molar-refractivity contribution in [2.45, 2.75) is 0 Å². The fourth-order valence-electron chi connectivity index (χ4n) is 1.87. The van der Waals surface area contributed by atoms with Crippen LogP contribution in [0.4, 0.5) is 5.95 Å². The topological polar surface area (TPSA) is 42.7 Å². The van der Waals surface area contributed by atoms with Crippen LogP contribution < -0.4 is 4.90 Å². The van der Waals surface area contributed by atoms with Crippen LogP contribution in [0.2, 0.25) is 5.15 Å². The van der Waals surface area contributed by atoms with Crippen LogP contribution in [0.25, 0.3) is 5.65 Å². The number of hydrogen-bond acceptors (Lipinski definition) is 4. The van der Waals surface area contributed by atoms with Crippen molar-refractivity contribution in [2.24, 2.45) is 0 Å². The lowest BCUT2D eigenvalue weighted by Gasteiger charge is -2.28. The maximum Gasteiger partial charge on any atom is 0.212 e. The Morgan fingerprint density at radius 2 is 2.12 bits per heavy atom. The summed E-state index contributed by atoms with van der Waals surface area (Å²) in [6.07, 6.45) is 3.64. The summed E-state index contributed by atoms with van der Waals surface area (Å²) in [4.78, 5) is 10.7. The molecule has 1 aliphatic rings. The Kier molecular flexibility index (Phi) is 2.41. The van der Waals surface area contributed by atoms with Crippen molar-refractivity contribution in [1.29, 1.82) is 0 Å². The molecule has 0 unspecified atom stereocenters. The normalized spacial score (nSPS) is 16.9. The van der Waals surface area contributed by atoms with Gasteiger partial charge < -0.3 is 9.64 Å². The van der Waals surface area contributed by atoms with Gasteiger partial charge in [-0.15, -0.1) is 0 Å². The molecule has 0 spiro atoms. The van der Waals surface area contributed by atoms with Gasteiger partial charge in [0.2, 0.25) is 5.95 Å². The molecular formula is C10H11ClN4O. The average molecular weight is 239 g/mol. The van der Waals surface area contributed by atoms with E-state index in [0.29, 0.717) is 5.15 Å². The second-order valence-corrected chi connectivity index (χ2v) is 4.02. The van der Waals surface area contributed by atoms with E-state index in [2.05, 4.69) is 14.9 Å². The summed E-state index contributed by atoms with van der Waals surface area (Å²) in [5.74, 6) is 0.836. The minimum Gasteiger partial charge on any atom is -0.378 e. The number of rotatable bonds is 1. The van der Waals surface area contributed by atoms with Crippen molar-refractivity contribution in [1.82, 2.24) is 14.4 Å². The number of anilines is 1. The fraction of sp³-hybridized carbons (Fsp3) is 0.400. The van der Waals surface area contributed by atoms with Crippen LogP contribution in [0.1, 0.15) is 0 Å². The van der Waals surface area contributed by atoms with Crippen LogP contribution in [0.3, 0.4) is 0 Å². The van der Waals surface area contributed by atoms with Crippen molar-refractivity contribution >= 4 is 23.2 Å². The summed E-state index contributed by atoms with van der Waals surface area (Å²) in [7, 11) is 0. The summed E-state index contributed by atoms with van der Waals surface area (Å²) in [5.41, 5.74) is 0.821. The molecule has 0 aliphatic carbocycles. The second-order valence-electron chi connectivity index (χ2n) is 3.63. The molecule has 0 atom stereocenters. The van der Waals surface area contributed by atoms with Gasteiger partial charge in [0, 0.05) is 31.5 Å². The predicted molar refractivity (Wildman–Crippen MR) is 61.0 cm³/mol. The molecule has 5 nitrogen and oxygen atoms in total. The number of fused-ring (bicyclic) bond motifs is 1. The first-order chi connectivity index (χ1) is 7.84. The highest BCUT2D eigenvalue weighted by atomic mass is 35.5. The number of aromatic nitrogens is 3. The first-order valence-corrected chi connectivity index (χ1v) is 5.55. The summed E-state index contributed by atoms with van der Waals surface area (Å²) in [6, 6.07) is 1.76. The van der Waals surface area contributed by atoms with Crippen LogP contribution in [0.15, 0.2) is 18.5 Å². The van der Waals surface area contributed by atoms with E-state index in [0.717, 1.165) is 37.9 Å². The molecule has 84 valence electrons. The number of hydrogen-bond donors (Lipinski definition) is 0. The standard InChI is InChI=1S/C10H11ClN4O/c11-8-7-9-12-1-2-15(9)10(13-8)14-3-5-16-6-4-14/h1-2,7H,3-6H2. The third-order valence-corrected chi connectivity index (χ3v) is 2.83. The molecule has 3 rings (SSSR count). The highest BCUT2D eigenvalue weighted by molar-refractivity contribution is 6.29. The minimum atomic E-state index is 0.472. The first kappa shape index (κ1) is 9.86. The highest BCUT2D eigenvalue weighted by Gasteiger charge is 2.16. The lowest BCUT2D eigenvalue weighted by Crippen LogP contribution is -2.37. The predicted octanol–water partition coefficient (Wildman–Crippen LogP) is 1.22. The van der Waals surface area contributed by atoms with Gasteiger partial charge in [0.15, 0.2) is 0 Å². The third kappa shape index (κ3) is 1.62. The minimum absolute atomic E-state index is 0.472. The Labute approximate surface area is 97.6 Å². The summed E-state index contributed by atoms with van der Waals surface area (Å²) < 4.78 is 7.26. The van der Waals surface area contributed by atoms with Crippen LogP contribution in [0.5, 0.6) is 0 Å². The summed E-state index contributed by atoms with van der Waals surface area (Å²) in [6.45, 7) is 3.12. The molecule has 6 heteroatoms. The maximum atomic E-state index is 5.98. The molecule has 0 amide bonds. The van der Waals surface area contributed by atoms with Crippen molar-refractivity contribution < 1.29 is 4.74 Å². The van der Waals surface area contributed by atoms with Crippen LogP contribution >= 0.6 is 11.6 Å². The Bertz CT molecular complexity index is 506. The van der Waals surface area contributed by atoms with E-state index in [1.165, 1.54) is 0 Å². The van der Waals surface area contributed by atoms with Gasteiger partial charge in [-0.05, 0) is 0 Å². The van der Waals surface area contributed by atoms with Crippen LogP contribution in [-0.4, -0.2) is 40.7 Å². The van der Waals surface area contributed by atoms with Crippen molar-refractivity contribution in [2.75, 3.05) is 31.2 Å². The van der Waals surface area contributed by atoms with Gasteiger partial charge in [0.05, 0.1) is 13.2 Å². The highest BCUT2D eigenvalue weighted by Crippen LogP contribution is 2.18. The Hall–Kier alpha value is -1.33. The van der Waals surface area contributed by atoms with Gasteiger partial charge in [0.1, 0.15) is 10.8 Å². The fourth-order valence-corrected chi connectivity index (χ4v) is 2.04. The van der Waals surface area contributed by atoms with Gasteiger partial charge in [-0.25, -0.2) is 9.97 Å². The molecule has 2 aromatic heterocycles. The van der Waals surface area contributed by atoms with E-state index < -0.39 is 0 Å². The van der Waals surface area contributed by atoms with Gasteiger partial charge in [-0.1, -0.05) is 11.6 Å². The van der Waals surface area contributed by atoms with Crippen molar-refractivity contribution in [3.05, 3.63) is 23.6 Å². The van der Waals surface area contributed by atoms with Gasteiger partial charge >= 0.3 is 0 Å². The van der Waals surface area contributed by atoms with Gasteiger partial charge in [0.25, 0.3) is 0 Å². The zero-order valence-corrected chi connectivity index (χ0v) is 9.39. The lowest BCUT2D eigenvalue weighted by atomic mass is 10.4. The zero-order valence-electron chi connectivity index (χ0n) is 8.64. The Morgan fingerprint density at radius 1 is 1.31 bits per heavy atom. The zero-order chi connectivity index (χ0) is 11.0. The first-order valence-electron chi connectivity index (χ1n) is 5.17. The number of ether oxygens (including phenoxy) is 1.